The fourth-order valence-corrected chi connectivity index (χ4v) is 3.60. The molecule has 2 heterocycles. The zero-order chi connectivity index (χ0) is 13.6. The van der Waals surface area contributed by atoms with Crippen molar-refractivity contribution in [1.82, 2.24) is 8.75 Å². The van der Waals surface area contributed by atoms with E-state index in [-0.39, 0.29) is 18.9 Å². The van der Waals surface area contributed by atoms with Gasteiger partial charge in [0, 0.05) is 29.3 Å². The molecule has 1 aliphatic rings. The molecule has 9 heteroatoms. The summed E-state index contributed by atoms with van der Waals surface area (Å²) in [6.07, 6.45) is -0.0841. The average Bonchev–Trinajstić information content (AvgIpc) is 2.92. The summed E-state index contributed by atoms with van der Waals surface area (Å²) >= 11 is 1.09. The topological polar surface area (TPSA) is 80.2 Å². The third-order valence-electron chi connectivity index (χ3n) is 3.04. The first-order valence-corrected chi connectivity index (χ1v) is 8.51. The van der Waals surface area contributed by atoms with Crippen LogP contribution in [0.4, 0.5) is 5.69 Å². The molecule has 0 radical (unpaired) electrons. The summed E-state index contributed by atoms with van der Waals surface area (Å²) in [6, 6.07) is 5.20. The molecular weight excluding hydrogens is 310 g/mol. The summed E-state index contributed by atoms with van der Waals surface area (Å²) in [4.78, 5) is 13.3. The molecule has 0 saturated carbocycles. The third-order valence-corrected chi connectivity index (χ3v) is 5.46. The van der Waals surface area contributed by atoms with Gasteiger partial charge < -0.3 is 4.90 Å². The summed E-state index contributed by atoms with van der Waals surface area (Å²) in [6.45, 7) is 0.0771. The van der Waals surface area contributed by atoms with Gasteiger partial charge in [-0.1, -0.05) is 0 Å². The second-order valence-electron chi connectivity index (χ2n) is 4.24. The van der Waals surface area contributed by atoms with E-state index >= 15 is 0 Å². The van der Waals surface area contributed by atoms with Gasteiger partial charge >= 0.3 is 0 Å². The molecule has 1 aromatic heterocycles. The van der Waals surface area contributed by atoms with Crippen LogP contribution in [-0.4, -0.2) is 34.9 Å². The van der Waals surface area contributed by atoms with Crippen molar-refractivity contribution in [2.45, 2.75) is 11.7 Å². The number of carbonyl (C=O) groups is 1. The highest BCUT2D eigenvalue weighted by atomic mass is 35.7. The molecule has 1 atom stereocenters. The number of benzene rings is 1. The number of anilines is 1. The predicted octanol–water partition coefficient (Wildman–Crippen LogP) is 1.37. The highest BCUT2D eigenvalue weighted by molar-refractivity contribution is 8.14. The van der Waals surface area contributed by atoms with Crippen LogP contribution < -0.4 is 4.90 Å². The van der Waals surface area contributed by atoms with Gasteiger partial charge in [-0.05, 0) is 18.2 Å². The molecule has 1 aliphatic heterocycles. The number of fused-ring (bicyclic) bond motifs is 1. The molecule has 100 valence electrons. The third kappa shape index (κ3) is 2.31. The van der Waals surface area contributed by atoms with Crippen LogP contribution in [0.2, 0.25) is 0 Å². The van der Waals surface area contributed by atoms with Crippen LogP contribution >= 0.6 is 22.4 Å². The van der Waals surface area contributed by atoms with Crippen molar-refractivity contribution in [3.8, 4) is 0 Å². The molecule has 0 N–H and O–H groups in total. The first kappa shape index (κ1) is 12.8. The Balaban J connectivity index is 1.96. The molecular formula is C10H8ClN3O3S2. The van der Waals surface area contributed by atoms with Crippen molar-refractivity contribution < 1.29 is 13.2 Å². The number of aromatic nitrogens is 2. The lowest BCUT2D eigenvalue weighted by Crippen LogP contribution is -2.26. The van der Waals surface area contributed by atoms with E-state index in [0.717, 1.165) is 17.2 Å². The average molecular weight is 318 g/mol. The summed E-state index contributed by atoms with van der Waals surface area (Å²) < 4.78 is 30.7. The number of hydrogen-bond donors (Lipinski definition) is 0. The SMILES string of the molecule is O=C1CC(S(=O)(=O)Cl)CN1c1ccc2nsnc2c1. The molecule has 19 heavy (non-hydrogen) atoms. The van der Waals surface area contributed by atoms with E-state index in [9.17, 15) is 13.2 Å². The number of carbonyl (C=O) groups excluding carboxylic acids is 1. The maximum absolute atomic E-state index is 11.9. The van der Waals surface area contributed by atoms with Crippen LogP contribution in [0.15, 0.2) is 18.2 Å². The molecule has 0 aliphatic carbocycles. The van der Waals surface area contributed by atoms with Crippen molar-refractivity contribution in [2.75, 3.05) is 11.4 Å². The van der Waals surface area contributed by atoms with Gasteiger partial charge in [-0.2, -0.15) is 8.75 Å². The number of nitrogens with zero attached hydrogens (tertiary/aromatic N) is 3. The fraction of sp³-hybridized carbons (Fsp3) is 0.300. The van der Waals surface area contributed by atoms with Gasteiger partial charge in [0.2, 0.25) is 15.0 Å². The molecule has 1 amide bonds. The molecule has 1 saturated heterocycles. The van der Waals surface area contributed by atoms with E-state index in [2.05, 4.69) is 8.75 Å². The minimum absolute atomic E-state index is 0.0771. The highest BCUT2D eigenvalue weighted by Crippen LogP contribution is 2.28. The first-order chi connectivity index (χ1) is 8.95. The molecule has 0 spiro atoms. The number of amides is 1. The minimum atomic E-state index is -3.72. The molecule has 0 bridgehead atoms. The van der Waals surface area contributed by atoms with Crippen molar-refractivity contribution in [3.63, 3.8) is 0 Å². The van der Waals surface area contributed by atoms with Crippen LogP contribution in [0.3, 0.4) is 0 Å². The van der Waals surface area contributed by atoms with Crippen LogP contribution in [0.25, 0.3) is 11.0 Å². The second-order valence-corrected chi connectivity index (χ2v) is 7.68. The molecule has 2 aromatic rings. The van der Waals surface area contributed by atoms with E-state index in [1.807, 2.05) is 0 Å². The van der Waals surface area contributed by atoms with Gasteiger partial charge in [0.05, 0.1) is 11.7 Å². The van der Waals surface area contributed by atoms with E-state index in [0.29, 0.717) is 11.2 Å². The standard InChI is InChI=1S/C10H8ClN3O3S2/c11-19(16,17)7-4-10(15)14(5-7)6-1-2-8-9(3-6)13-18-12-8/h1-3,7H,4-5H2. The lowest BCUT2D eigenvalue weighted by molar-refractivity contribution is -0.117. The Labute approximate surface area is 117 Å². The second kappa shape index (κ2) is 4.39. The highest BCUT2D eigenvalue weighted by Gasteiger charge is 2.38. The molecule has 1 fully saturated rings. The van der Waals surface area contributed by atoms with Gasteiger partial charge in [0.1, 0.15) is 16.3 Å². The van der Waals surface area contributed by atoms with E-state index in [1.165, 1.54) is 4.90 Å². The van der Waals surface area contributed by atoms with E-state index in [1.54, 1.807) is 18.2 Å². The number of hydrogen-bond acceptors (Lipinski definition) is 6. The van der Waals surface area contributed by atoms with Crippen LogP contribution in [0, 0.1) is 0 Å². The Morgan fingerprint density at radius 3 is 2.74 bits per heavy atom. The Bertz CT molecular complexity index is 758. The van der Waals surface area contributed by atoms with Crippen molar-refractivity contribution >= 4 is 54.1 Å². The quantitative estimate of drug-likeness (QED) is 0.781. The summed E-state index contributed by atoms with van der Waals surface area (Å²) in [7, 11) is 1.58. The first-order valence-electron chi connectivity index (χ1n) is 5.41. The molecule has 3 rings (SSSR count). The summed E-state index contributed by atoms with van der Waals surface area (Å²) in [5.41, 5.74) is 2.06. The Kier molecular flexibility index (Phi) is 2.95. The van der Waals surface area contributed by atoms with Crippen molar-refractivity contribution in [2.24, 2.45) is 0 Å². The fourth-order valence-electron chi connectivity index (χ4n) is 2.05. The Hall–Kier alpha value is -1.25. The van der Waals surface area contributed by atoms with E-state index in [4.69, 9.17) is 10.7 Å². The lowest BCUT2D eigenvalue weighted by atomic mass is 10.2. The number of rotatable bonds is 2. The maximum atomic E-state index is 11.9. The largest absolute Gasteiger partial charge is 0.311 e. The normalized spacial score (nSPS) is 20.4. The molecule has 1 aromatic carbocycles. The smallest absolute Gasteiger partial charge is 0.237 e. The summed E-state index contributed by atoms with van der Waals surface area (Å²) in [5.74, 6) is -0.253. The minimum Gasteiger partial charge on any atom is -0.311 e. The zero-order valence-electron chi connectivity index (χ0n) is 9.48. The van der Waals surface area contributed by atoms with E-state index < -0.39 is 14.3 Å². The van der Waals surface area contributed by atoms with Crippen molar-refractivity contribution in [3.05, 3.63) is 18.2 Å². The van der Waals surface area contributed by atoms with Crippen molar-refractivity contribution in [1.29, 1.82) is 0 Å². The van der Waals surface area contributed by atoms with Gasteiger partial charge in [0.25, 0.3) is 0 Å². The van der Waals surface area contributed by atoms with Crippen LogP contribution in [0.5, 0.6) is 0 Å². The monoisotopic (exact) mass is 317 g/mol. The summed E-state index contributed by atoms with van der Waals surface area (Å²) in [5, 5.41) is -0.856. The molecule has 6 nitrogen and oxygen atoms in total. The van der Waals surface area contributed by atoms with Crippen LogP contribution in [-0.2, 0) is 13.8 Å². The molecule has 1 unspecified atom stereocenters. The van der Waals surface area contributed by atoms with Crippen LogP contribution in [0.1, 0.15) is 6.42 Å². The maximum Gasteiger partial charge on any atom is 0.237 e. The van der Waals surface area contributed by atoms with Gasteiger partial charge in [-0.25, -0.2) is 8.42 Å². The van der Waals surface area contributed by atoms with Gasteiger partial charge in [-0.3, -0.25) is 4.79 Å². The Morgan fingerprint density at radius 2 is 2.05 bits per heavy atom. The van der Waals surface area contributed by atoms with Gasteiger partial charge in [0.15, 0.2) is 0 Å². The number of halogens is 1. The Morgan fingerprint density at radius 1 is 1.32 bits per heavy atom. The predicted molar refractivity (Wildman–Crippen MR) is 72.9 cm³/mol. The zero-order valence-corrected chi connectivity index (χ0v) is 11.9. The lowest BCUT2D eigenvalue weighted by Gasteiger charge is -2.15. The van der Waals surface area contributed by atoms with Gasteiger partial charge in [-0.15, -0.1) is 0 Å².